The molecule has 6 aromatic carbocycles. The summed E-state index contributed by atoms with van der Waals surface area (Å²) in [7, 11) is 0. The summed E-state index contributed by atoms with van der Waals surface area (Å²) in [5, 5.41) is 2.31. The molecule has 2 aromatic heterocycles. The molecule has 0 atom stereocenters. The first-order valence-electron chi connectivity index (χ1n) is 15.6. The van der Waals surface area contributed by atoms with Crippen LogP contribution in [0.3, 0.4) is 0 Å². The highest BCUT2D eigenvalue weighted by molar-refractivity contribution is 6.17. The zero-order valence-electron chi connectivity index (χ0n) is 25.5. The van der Waals surface area contributed by atoms with Crippen LogP contribution in [-0.4, -0.2) is 15.0 Å². The molecule has 0 aliphatic heterocycles. The van der Waals surface area contributed by atoms with E-state index in [1.807, 2.05) is 60.7 Å². The van der Waals surface area contributed by atoms with E-state index in [9.17, 15) is 0 Å². The van der Waals surface area contributed by atoms with Crippen LogP contribution < -0.4 is 0 Å². The molecule has 2 heterocycles. The highest BCUT2D eigenvalue weighted by Crippen LogP contribution is 2.53. The Balaban J connectivity index is 1.22. The standard InChI is InChI=1S/C42H29N3O/c1-42(2)33-22-10-9-19-31(33)36-34(42)23-24-35-37(36)32-21-12-20-30(38(32)46-35)28-17-11-18-29(25-28)41-44-39(26-13-5-3-6-14-26)43-40(45-41)27-15-7-4-8-16-27/h3-25H,1-2H3. The number of aromatic nitrogens is 3. The van der Waals surface area contributed by atoms with Gasteiger partial charge in [-0.25, -0.2) is 15.0 Å². The summed E-state index contributed by atoms with van der Waals surface area (Å²) in [5.41, 5.74) is 11.9. The van der Waals surface area contributed by atoms with E-state index in [0.717, 1.165) is 44.4 Å². The van der Waals surface area contributed by atoms with Crippen LogP contribution in [0.5, 0.6) is 0 Å². The zero-order chi connectivity index (χ0) is 30.8. The SMILES string of the molecule is CC1(C)c2ccccc2-c2c1ccc1oc3c(-c4cccc(-c5nc(-c6ccccc6)nc(-c6ccccc6)n5)c4)cccc3c21. The van der Waals surface area contributed by atoms with Crippen molar-refractivity contribution < 1.29 is 4.42 Å². The quantitative estimate of drug-likeness (QED) is 0.204. The first-order valence-corrected chi connectivity index (χ1v) is 15.6. The lowest BCUT2D eigenvalue weighted by Crippen LogP contribution is -2.14. The number of rotatable bonds is 4. The lowest BCUT2D eigenvalue weighted by atomic mass is 9.82. The van der Waals surface area contributed by atoms with Gasteiger partial charge in [0.15, 0.2) is 17.5 Å². The first-order chi connectivity index (χ1) is 22.6. The average Bonchev–Trinajstić information content (AvgIpc) is 3.61. The molecular weight excluding hydrogens is 562 g/mol. The van der Waals surface area contributed by atoms with Crippen LogP contribution in [0.25, 0.3) is 78.4 Å². The number of fused-ring (bicyclic) bond motifs is 7. The van der Waals surface area contributed by atoms with Gasteiger partial charge < -0.3 is 4.42 Å². The number of para-hydroxylation sites is 1. The largest absolute Gasteiger partial charge is 0.455 e. The minimum atomic E-state index is -0.0720. The minimum Gasteiger partial charge on any atom is -0.455 e. The van der Waals surface area contributed by atoms with E-state index in [0.29, 0.717) is 17.5 Å². The van der Waals surface area contributed by atoms with Crippen molar-refractivity contribution in [3.63, 3.8) is 0 Å². The highest BCUT2D eigenvalue weighted by atomic mass is 16.3. The van der Waals surface area contributed by atoms with E-state index in [4.69, 9.17) is 19.4 Å². The number of furan rings is 1. The monoisotopic (exact) mass is 591 g/mol. The van der Waals surface area contributed by atoms with Crippen molar-refractivity contribution in [3.8, 4) is 56.4 Å². The molecule has 0 N–H and O–H groups in total. The third-order valence-corrected chi connectivity index (χ3v) is 9.34. The summed E-state index contributed by atoms with van der Waals surface area (Å²) in [6.07, 6.45) is 0. The molecule has 0 radical (unpaired) electrons. The van der Waals surface area contributed by atoms with Crippen LogP contribution >= 0.6 is 0 Å². The van der Waals surface area contributed by atoms with Crippen LogP contribution in [0.15, 0.2) is 144 Å². The van der Waals surface area contributed by atoms with Crippen molar-refractivity contribution in [2.45, 2.75) is 19.3 Å². The van der Waals surface area contributed by atoms with E-state index in [1.165, 1.54) is 27.6 Å². The van der Waals surface area contributed by atoms with Crippen molar-refractivity contribution in [1.29, 1.82) is 0 Å². The normalized spacial score (nSPS) is 13.2. The van der Waals surface area contributed by atoms with Crippen molar-refractivity contribution in [2.75, 3.05) is 0 Å². The fourth-order valence-corrected chi connectivity index (χ4v) is 7.07. The predicted molar refractivity (Wildman–Crippen MR) is 186 cm³/mol. The summed E-state index contributed by atoms with van der Waals surface area (Å²) in [6.45, 7) is 4.63. The summed E-state index contributed by atoms with van der Waals surface area (Å²) in [4.78, 5) is 14.8. The first kappa shape index (κ1) is 26.5. The van der Waals surface area contributed by atoms with Crippen LogP contribution in [-0.2, 0) is 5.41 Å². The van der Waals surface area contributed by atoms with E-state index >= 15 is 0 Å². The smallest absolute Gasteiger partial charge is 0.164 e. The van der Waals surface area contributed by atoms with E-state index < -0.39 is 0 Å². The number of nitrogens with zero attached hydrogens (tertiary/aromatic N) is 3. The van der Waals surface area contributed by atoms with E-state index in [2.05, 4.69) is 92.7 Å². The molecule has 0 spiro atoms. The van der Waals surface area contributed by atoms with Crippen molar-refractivity contribution in [3.05, 3.63) is 151 Å². The Morgan fingerprint density at radius 1 is 0.478 bits per heavy atom. The molecule has 218 valence electrons. The third kappa shape index (κ3) is 4.04. The fraction of sp³-hybridized carbons (Fsp3) is 0.0714. The predicted octanol–water partition coefficient (Wildman–Crippen LogP) is 10.7. The number of hydrogen-bond acceptors (Lipinski definition) is 4. The van der Waals surface area contributed by atoms with Gasteiger partial charge in [0, 0.05) is 38.4 Å². The molecule has 9 rings (SSSR count). The minimum absolute atomic E-state index is 0.0720. The summed E-state index contributed by atoms with van der Waals surface area (Å²) < 4.78 is 6.70. The van der Waals surface area contributed by atoms with Gasteiger partial charge in [-0.2, -0.15) is 0 Å². The van der Waals surface area contributed by atoms with E-state index in [-0.39, 0.29) is 5.41 Å². The molecule has 4 heteroatoms. The van der Waals surface area contributed by atoms with Crippen LogP contribution in [0.1, 0.15) is 25.0 Å². The Labute approximate surface area is 267 Å². The lowest BCUT2D eigenvalue weighted by Gasteiger charge is -2.21. The second-order valence-electron chi connectivity index (χ2n) is 12.4. The molecule has 0 amide bonds. The Morgan fingerprint density at radius 3 is 1.76 bits per heavy atom. The van der Waals surface area contributed by atoms with Crippen LogP contribution in [0.2, 0.25) is 0 Å². The number of benzene rings is 6. The molecule has 0 unspecified atom stereocenters. The van der Waals surface area contributed by atoms with Gasteiger partial charge in [-0.05, 0) is 39.9 Å². The Morgan fingerprint density at radius 2 is 1.04 bits per heavy atom. The molecule has 4 nitrogen and oxygen atoms in total. The Kier molecular flexibility index (Phi) is 5.81. The summed E-state index contributed by atoms with van der Waals surface area (Å²) in [5.74, 6) is 1.92. The Hall–Kier alpha value is -5.87. The van der Waals surface area contributed by atoms with Gasteiger partial charge in [0.25, 0.3) is 0 Å². The van der Waals surface area contributed by atoms with Gasteiger partial charge in [-0.15, -0.1) is 0 Å². The van der Waals surface area contributed by atoms with Crippen LogP contribution in [0.4, 0.5) is 0 Å². The van der Waals surface area contributed by atoms with Gasteiger partial charge >= 0.3 is 0 Å². The van der Waals surface area contributed by atoms with Gasteiger partial charge in [-0.1, -0.05) is 141 Å². The molecule has 0 fully saturated rings. The second kappa shape index (κ2) is 10.1. The van der Waals surface area contributed by atoms with Crippen molar-refractivity contribution >= 4 is 21.9 Å². The highest BCUT2D eigenvalue weighted by Gasteiger charge is 2.37. The maximum atomic E-state index is 6.70. The van der Waals surface area contributed by atoms with Crippen molar-refractivity contribution in [2.24, 2.45) is 0 Å². The molecule has 0 saturated heterocycles. The van der Waals surface area contributed by atoms with Crippen molar-refractivity contribution in [1.82, 2.24) is 15.0 Å². The number of hydrogen-bond donors (Lipinski definition) is 0. The summed E-state index contributed by atoms with van der Waals surface area (Å²) >= 11 is 0. The van der Waals surface area contributed by atoms with E-state index in [1.54, 1.807) is 0 Å². The molecule has 46 heavy (non-hydrogen) atoms. The summed E-state index contributed by atoms with van der Waals surface area (Å²) in [6, 6.07) is 48.2. The Bertz CT molecular complexity index is 2380. The molecule has 1 aliphatic carbocycles. The molecule has 0 saturated carbocycles. The molecule has 0 bridgehead atoms. The van der Waals surface area contributed by atoms with Crippen LogP contribution in [0, 0.1) is 0 Å². The average molecular weight is 592 g/mol. The third-order valence-electron chi connectivity index (χ3n) is 9.34. The van der Waals surface area contributed by atoms with Gasteiger partial charge in [-0.3, -0.25) is 0 Å². The second-order valence-corrected chi connectivity index (χ2v) is 12.4. The maximum absolute atomic E-state index is 6.70. The zero-order valence-corrected chi connectivity index (χ0v) is 25.5. The topological polar surface area (TPSA) is 51.8 Å². The lowest BCUT2D eigenvalue weighted by molar-refractivity contribution is 0.657. The fourth-order valence-electron chi connectivity index (χ4n) is 7.07. The van der Waals surface area contributed by atoms with Gasteiger partial charge in [0.1, 0.15) is 11.2 Å². The maximum Gasteiger partial charge on any atom is 0.164 e. The molecular formula is C42H29N3O. The van der Waals surface area contributed by atoms with Gasteiger partial charge in [0.05, 0.1) is 0 Å². The molecule has 8 aromatic rings. The molecule has 1 aliphatic rings. The van der Waals surface area contributed by atoms with Gasteiger partial charge in [0.2, 0.25) is 0 Å².